The first-order chi connectivity index (χ1) is 9.54. The maximum Gasteiger partial charge on any atom is 0.316 e. The van der Waals surface area contributed by atoms with Crippen molar-refractivity contribution in [3.8, 4) is 0 Å². The molecule has 0 saturated carbocycles. The van der Waals surface area contributed by atoms with Crippen molar-refractivity contribution >= 4 is 6.03 Å². The molecule has 1 fully saturated rings. The third-order valence-electron chi connectivity index (χ3n) is 4.15. The first-order valence-corrected chi connectivity index (χ1v) is 7.95. The van der Waals surface area contributed by atoms with Gasteiger partial charge in [0.1, 0.15) is 0 Å². The number of amides is 2. The summed E-state index contributed by atoms with van der Waals surface area (Å²) in [7, 11) is 3.52. The normalized spacial score (nSPS) is 18.8. The average Bonchev–Trinajstić information content (AvgIpc) is 2.44. The van der Waals surface area contributed by atoms with Gasteiger partial charge in [0.05, 0.1) is 0 Å². The van der Waals surface area contributed by atoms with Gasteiger partial charge in [0.25, 0.3) is 0 Å². The quantitative estimate of drug-likeness (QED) is 0.694. The van der Waals surface area contributed by atoms with Gasteiger partial charge in [0.15, 0.2) is 0 Å². The Labute approximate surface area is 124 Å². The standard InChI is InChI=1S/C15H32N4O/c1-5-10-19-11-6-14(7-12-19)13(2)16-8-9-17-15(20)18(3)4/h13-14,16H,5-12H2,1-4H3,(H,17,20). The fraction of sp³-hybridized carbons (Fsp3) is 0.933. The second-order valence-electron chi connectivity index (χ2n) is 6.05. The molecule has 1 heterocycles. The molecule has 118 valence electrons. The molecule has 1 saturated heterocycles. The van der Waals surface area contributed by atoms with Gasteiger partial charge in [-0.3, -0.25) is 0 Å². The number of carbonyl (C=O) groups is 1. The van der Waals surface area contributed by atoms with Gasteiger partial charge in [-0.15, -0.1) is 0 Å². The van der Waals surface area contributed by atoms with Crippen molar-refractivity contribution in [2.45, 2.75) is 39.2 Å². The molecule has 0 spiro atoms. The Morgan fingerprint density at radius 3 is 2.50 bits per heavy atom. The van der Waals surface area contributed by atoms with E-state index in [0.717, 1.165) is 12.5 Å². The van der Waals surface area contributed by atoms with Gasteiger partial charge in [-0.05, 0) is 51.7 Å². The lowest BCUT2D eigenvalue weighted by molar-refractivity contribution is 0.163. The summed E-state index contributed by atoms with van der Waals surface area (Å²) in [6.45, 7) is 9.77. The second kappa shape index (κ2) is 9.19. The monoisotopic (exact) mass is 284 g/mol. The van der Waals surface area contributed by atoms with Crippen molar-refractivity contribution < 1.29 is 4.79 Å². The molecule has 0 bridgehead atoms. The van der Waals surface area contributed by atoms with Crippen molar-refractivity contribution in [1.29, 1.82) is 0 Å². The summed E-state index contributed by atoms with van der Waals surface area (Å²) in [5.74, 6) is 0.771. The highest BCUT2D eigenvalue weighted by Gasteiger charge is 2.22. The van der Waals surface area contributed by atoms with Crippen LogP contribution in [0, 0.1) is 5.92 Å². The van der Waals surface area contributed by atoms with Crippen LogP contribution in [0.4, 0.5) is 4.79 Å². The zero-order valence-electron chi connectivity index (χ0n) is 13.6. The van der Waals surface area contributed by atoms with Gasteiger partial charge in [0, 0.05) is 33.2 Å². The summed E-state index contributed by atoms with van der Waals surface area (Å²) in [5.41, 5.74) is 0. The van der Waals surface area contributed by atoms with Crippen LogP contribution in [0.15, 0.2) is 0 Å². The van der Waals surface area contributed by atoms with E-state index in [1.807, 2.05) is 0 Å². The molecule has 2 N–H and O–H groups in total. The van der Waals surface area contributed by atoms with Gasteiger partial charge in [-0.1, -0.05) is 6.92 Å². The lowest BCUT2D eigenvalue weighted by Crippen LogP contribution is -2.45. The van der Waals surface area contributed by atoms with Crippen LogP contribution in [0.5, 0.6) is 0 Å². The molecule has 1 aliphatic rings. The Bertz CT molecular complexity index is 275. The highest BCUT2D eigenvalue weighted by Crippen LogP contribution is 2.20. The van der Waals surface area contributed by atoms with E-state index in [1.54, 1.807) is 19.0 Å². The average molecular weight is 284 g/mol. The summed E-state index contributed by atoms with van der Waals surface area (Å²) in [6.07, 6.45) is 3.83. The number of urea groups is 1. The van der Waals surface area contributed by atoms with E-state index in [0.29, 0.717) is 12.6 Å². The number of hydrogen-bond donors (Lipinski definition) is 2. The Balaban J connectivity index is 2.11. The predicted molar refractivity (Wildman–Crippen MR) is 84.0 cm³/mol. The van der Waals surface area contributed by atoms with E-state index in [2.05, 4.69) is 29.4 Å². The molecule has 0 aromatic heterocycles. The fourth-order valence-corrected chi connectivity index (χ4v) is 2.79. The molecular weight excluding hydrogens is 252 g/mol. The number of piperidine rings is 1. The van der Waals surface area contributed by atoms with Gasteiger partial charge >= 0.3 is 6.03 Å². The zero-order chi connectivity index (χ0) is 15.0. The van der Waals surface area contributed by atoms with Crippen LogP contribution in [0.3, 0.4) is 0 Å². The third kappa shape index (κ3) is 6.09. The maximum absolute atomic E-state index is 11.4. The molecular formula is C15H32N4O. The Morgan fingerprint density at radius 2 is 1.95 bits per heavy atom. The molecule has 1 atom stereocenters. The summed E-state index contributed by atoms with van der Waals surface area (Å²) in [5, 5.41) is 6.42. The van der Waals surface area contributed by atoms with E-state index in [4.69, 9.17) is 0 Å². The van der Waals surface area contributed by atoms with E-state index < -0.39 is 0 Å². The van der Waals surface area contributed by atoms with Crippen LogP contribution in [-0.2, 0) is 0 Å². The molecule has 1 unspecified atom stereocenters. The molecule has 20 heavy (non-hydrogen) atoms. The maximum atomic E-state index is 11.4. The zero-order valence-corrected chi connectivity index (χ0v) is 13.6. The van der Waals surface area contributed by atoms with Gasteiger partial charge < -0.3 is 20.4 Å². The van der Waals surface area contributed by atoms with Crippen LogP contribution in [0.25, 0.3) is 0 Å². The number of rotatable bonds is 7. The summed E-state index contributed by atoms with van der Waals surface area (Å²) < 4.78 is 0. The van der Waals surface area contributed by atoms with E-state index in [1.165, 1.54) is 38.9 Å². The van der Waals surface area contributed by atoms with Crippen LogP contribution in [0.1, 0.15) is 33.1 Å². The lowest BCUT2D eigenvalue weighted by Gasteiger charge is -2.35. The summed E-state index contributed by atoms with van der Waals surface area (Å²) >= 11 is 0. The van der Waals surface area contributed by atoms with Crippen LogP contribution >= 0.6 is 0 Å². The van der Waals surface area contributed by atoms with Gasteiger partial charge in [-0.25, -0.2) is 4.79 Å². The molecule has 5 heteroatoms. The molecule has 5 nitrogen and oxygen atoms in total. The smallest absolute Gasteiger partial charge is 0.316 e. The van der Waals surface area contributed by atoms with Crippen molar-refractivity contribution in [2.24, 2.45) is 5.92 Å². The molecule has 0 aliphatic carbocycles. The number of hydrogen-bond acceptors (Lipinski definition) is 3. The van der Waals surface area contributed by atoms with Gasteiger partial charge in [-0.2, -0.15) is 0 Å². The topological polar surface area (TPSA) is 47.6 Å². The first kappa shape index (κ1) is 17.2. The largest absolute Gasteiger partial charge is 0.337 e. The minimum absolute atomic E-state index is 0.0210. The number of likely N-dealkylation sites (tertiary alicyclic amines) is 1. The van der Waals surface area contributed by atoms with Crippen molar-refractivity contribution in [3.63, 3.8) is 0 Å². The second-order valence-corrected chi connectivity index (χ2v) is 6.05. The Hall–Kier alpha value is -0.810. The molecule has 0 radical (unpaired) electrons. The first-order valence-electron chi connectivity index (χ1n) is 7.95. The third-order valence-corrected chi connectivity index (χ3v) is 4.15. The van der Waals surface area contributed by atoms with Crippen molar-refractivity contribution in [3.05, 3.63) is 0 Å². The van der Waals surface area contributed by atoms with Crippen molar-refractivity contribution in [1.82, 2.24) is 20.4 Å². The molecule has 0 aromatic rings. The Kier molecular flexibility index (Phi) is 7.92. The lowest BCUT2D eigenvalue weighted by atomic mass is 9.90. The molecule has 0 aromatic carbocycles. The van der Waals surface area contributed by atoms with Crippen LogP contribution < -0.4 is 10.6 Å². The summed E-state index contributed by atoms with van der Waals surface area (Å²) in [4.78, 5) is 15.5. The predicted octanol–water partition coefficient (Wildman–Crippen LogP) is 1.36. The van der Waals surface area contributed by atoms with E-state index in [-0.39, 0.29) is 6.03 Å². The summed E-state index contributed by atoms with van der Waals surface area (Å²) in [6, 6.07) is 0.516. The van der Waals surface area contributed by atoms with Gasteiger partial charge in [0.2, 0.25) is 0 Å². The molecule has 2 amide bonds. The van der Waals surface area contributed by atoms with E-state index in [9.17, 15) is 4.79 Å². The Morgan fingerprint density at radius 1 is 1.30 bits per heavy atom. The van der Waals surface area contributed by atoms with E-state index >= 15 is 0 Å². The minimum atomic E-state index is -0.0210. The number of nitrogens with one attached hydrogen (secondary N) is 2. The minimum Gasteiger partial charge on any atom is -0.337 e. The molecule has 1 rings (SSSR count). The highest BCUT2D eigenvalue weighted by atomic mass is 16.2. The highest BCUT2D eigenvalue weighted by molar-refractivity contribution is 5.73. The molecule has 1 aliphatic heterocycles. The number of nitrogens with zero attached hydrogens (tertiary/aromatic N) is 2. The SMILES string of the molecule is CCCN1CCC(C(C)NCCNC(=O)N(C)C)CC1. The van der Waals surface area contributed by atoms with Crippen LogP contribution in [-0.4, -0.2) is 68.7 Å². The van der Waals surface area contributed by atoms with Crippen molar-refractivity contribution in [2.75, 3.05) is 46.8 Å². The number of carbonyl (C=O) groups excluding carboxylic acids is 1. The fourth-order valence-electron chi connectivity index (χ4n) is 2.79. The van der Waals surface area contributed by atoms with Crippen LogP contribution in [0.2, 0.25) is 0 Å².